The van der Waals surface area contributed by atoms with Gasteiger partial charge in [-0.15, -0.1) is 0 Å². The molecule has 0 fully saturated rings. The Bertz CT molecular complexity index is 1770. The lowest BCUT2D eigenvalue weighted by atomic mass is 9.99. The van der Waals surface area contributed by atoms with Crippen molar-refractivity contribution in [1.82, 2.24) is 0 Å². The standard InChI is InChI=1S/C70H136O17P2/c1-9-63(8)49-41-33-25-18-21-29-37-45-53-70(75)87-66(57-81-68(73)51-43-35-27-19-16-23-31-39-47-61(4)5)59-85-89(78,79)83-55-64(71)54-82-88(76,77)84-58-65(86-69(74)52-44-36-28-20-17-24-32-40-48-62(6)7)56-80-67(72)50-42-34-26-15-13-11-10-12-14-22-30-38-46-60(2)3/h60-66,71H,9-59H2,1-8H3,(H,76,77)(H,78,79)/t63?,64?,65-,66-/m1/s1. The molecule has 4 unspecified atom stereocenters. The minimum Gasteiger partial charge on any atom is -0.462 e. The van der Waals surface area contributed by atoms with Crippen molar-refractivity contribution in [2.45, 2.75) is 363 Å². The molecule has 0 aromatic heterocycles. The Labute approximate surface area is 543 Å². The van der Waals surface area contributed by atoms with E-state index in [0.29, 0.717) is 25.7 Å². The van der Waals surface area contributed by atoms with Gasteiger partial charge in [-0.3, -0.25) is 37.3 Å². The van der Waals surface area contributed by atoms with E-state index in [9.17, 15) is 43.2 Å². The fourth-order valence-electron chi connectivity index (χ4n) is 10.5. The molecule has 0 aromatic rings. The molecule has 0 aromatic carbocycles. The molecule has 3 N–H and O–H groups in total. The number of rotatable bonds is 67. The van der Waals surface area contributed by atoms with Crippen molar-refractivity contribution in [3.63, 3.8) is 0 Å². The maximum atomic E-state index is 13.0. The Hall–Kier alpha value is -1.94. The first-order chi connectivity index (χ1) is 42.6. The lowest BCUT2D eigenvalue weighted by molar-refractivity contribution is -0.161. The number of hydrogen-bond donors (Lipinski definition) is 3. The van der Waals surface area contributed by atoms with Gasteiger partial charge in [-0.25, -0.2) is 9.13 Å². The van der Waals surface area contributed by atoms with Gasteiger partial charge in [-0.1, -0.05) is 293 Å². The maximum Gasteiger partial charge on any atom is 0.472 e. The number of hydrogen-bond acceptors (Lipinski definition) is 15. The summed E-state index contributed by atoms with van der Waals surface area (Å²) in [5.41, 5.74) is 0. The number of phosphoric ester groups is 2. The second kappa shape index (κ2) is 59.8. The average Bonchev–Trinajstić information content (AvgIpc) is 3.69. The number of phosphoric acid groups is 2. The molecule has 0 saturated carbocycles. The molecule has 0 bridgehead atoms. The minimum atomic E-state index is -4.95. The van der Waals surface area contributed by atoms with Gasteiger partial charge >= 0.3 is 39.5 Å². The van der Waals surface area contributed by atoms with Crippen LogP contribution in [0.25, 0.3) is 0 Å². The number of carbonyl (C=O) groups excluding carboxylic acids is 4. The summed E-state index contributed by atoms with van der Waals surface area (Å²) in [6, 6.07) is 0. The van der Waals surface area contributed by atoms with Gasteiger partial charge in [0.25, 0.3) is 0 Å². The first kappa shape index (κ1) is 87.1. The molecule has 6 atom stereocenters. The van der Waals surface area contributed by atoms with E-state index in [2.05, 4.69) is 55.4 Å². The van der Waals surface area contributed by atoms with Gasteiger partial charge in [-0.2, -0.15) is 0 Å². The number of esters is 4. The summed E-state index contributed by atoms with van der Waals surface area (Å²) in [5, 5.41) is 10.6. The lowest BCUT2D eigenvalue weighted by Crippen LogP contribution is -2.30. The highest BCUT2D eigenvalue weighted by atomic mass is 31.2. The predicted octanol–water partition coefficient (Wildman–Crippen LogP) is 19.7. The second-order valence-corrected chi connectivity index (χ2v) is 29.8. The number of aliphatic hydroxyl groups is 1. The summed E-state index contributed by atoms with van der Waals surface area (Å²) < 4.78 is 68.3. The fraction of sp³-hybridized carbons (Fsp3) is 0.943. The molecular formula is C70H136O17P2. The zero-order chi connectivity index (χ0) is 66.1. The molecule has 0 heterocycles. The molecule has 0 saturated heterocycles. The SMILES string of the molecule is CCC(C)CCCCCCCCCCC(=O)O[C@H](COC(=O)CCCCCCCCCCC(C)C)COP(=O)(O)OCC(O)COP(=O)(O)OC[C@@H](COC(=O)CCCCCCCCCCCCCCC(C)C)OC(=O)CCCCCCCCCCC(C)C. The minimum absolute atomic E-state index is 0.104. The van der Waals surface area contributed by atoms with Crippen LogP contribution >= 0.6 is 15.6 Å². The third-order valence-electron chi connectivity index (χ3n) is 16.4. The maximum absolute atomic E-state index is 13.0. The number of carbonyl (C=O) groups is 4. The van der Waals surface area contributed by atoms with E-state index in [1.807, 2.05) is 0 Å². The first-order valence-corrected chi connectivity index (χ1v) is 39.2. The number of unbranched alkanes of at least 4 members (excludes halogenated alkanes) is 32. The summed E-state index contributed by atoms with van der Waals surface area (Å²) in [5.74, 6) is 0.864. The highest BCUT2D eigenvalue weighted by molar-refractivity contribution is 7.47. The van der Waals surface area contributed by atoms with Gasteiger partial charge in [0.2, 0.25) is 0 Å². The van der Waals surface area contributed by atoms with Gasteiger partial charge in [-0.05, 0) is 49.4 Å². The normalized spacial score (nSPS) is 14.6. The van der Waals surface area contributed by atoms with E-state index >= 15 is 0 Å². The molecule has 0 radical (unpaired) electrons. The highest BCUT2D eigenvalue weighted by Gasteiger charge is 2.30. The van der Waals surface area contributed by atoms with Crippen LogP contribution in [0.4, 0.5) is 0 Å². The average molecular weight is 1310 g/mol. The van der Waals surface area contributed by atoms with Crippen LogP contribution in [0.3, 0.4) is 0 Å². The molecule has 0 spiro atoms. The fourth-order valence-corrected chi connectivity index (χ4v) is 12.0. The predicted molar refractivity (Wildman–Crippen MR) is 358 cm³/mol. The zero-order valence-electron chi connectivity index (χ0n) is 58.1. The van der Waals surface area contributed by atoms with Gasteiger partial charge in [0, 0.05) is 25.7 Å². The summed E-state index contributed by atoms with van der Waals surface area (Å²) in [6.45, 7) is 14.1. The van der Waals surface area contributed by atoms with Crippen LogP contribution in [0.1, 0.15) is 344 Å². The molecule has 0 amide bonds. The Morgan fingerprint density at radius 2 is 0.539 bits per heavy atom. The molecule has 0 aliphatic carbocycles. The van der Waals surface area contributed by atoms with Gasteiger partial charge in [0.05, 0.1) is 26.4 Å². The van der Waals surface area contributed by atoms with Crippen molar-refractivity contribution >= 4 is 39.5 Å². The van der Waals surface area contributed by atoms with Gasteiger partial charge in [0.15, 0.2) is 12.2 Å². The van der Waals surface area contributed by atoms with Crippen LogP contribution in [0.2, 0.25) is 0 Å². The summed E-state index contributed by atoms with van der Waals surface area (Å²) >= 11 is 0. The third kappa shape index (κ3) is 63.2. The van der Waals surface area contributed by atoms with Crippen LogP contribution in [-0.2, 0) is 65.4 Å². The van der Waals surface area contributed by atoms with Crippen molar-refractivity contribution in [3.8, 4) is 0 Å². The number of aliphatic hydroxyl groups excluding tert-OH is 1. The van der Waals surface area contributed by atoms with Crippen LogP contribution in [0.5, 0.6) is 0 Å². The Morgan fingerprint density at radius 1 is 0.315 bits per heavy atom. The van der Waals surface area contributed by atoms with Gasteiger partial charge in [0.1, 0.15) is 19.3 Å². The van der Waals surface area contributed by atoms with E-state index in [0.717, 1.165) is 114 Å². The molecule has 528 valence electrons. The van der Waals surface area contributed by atoms with Crippen LogP contribution in [-0.4, -0.2) is 96.7 Å². The third-order valence-corrected chi connectivity index (χ3v) is 18.3. The molecule has 89 heavy (non-hydrogen) atoms. The van der Waals surface area contributed by atoms with E-state index in [-0.39, 0.29) is 25.7 Å². The molecule has 17 nitrogen and oxygen atoms in total. The number of ether oxygens (including phenoxy) is 4. The quantitative estimate of drug-likeness (QED) is 0.0222. The summed E-state index contributed by atoms with van der Waals surface area (Å²) in [4.78, 5) is 72.5. The van der Waals surface area contributed by atoms with E-state index < -0.39 is 97.5 Å². The molecule has 0 aliphatic rings. The lowest BCUT2D eigenvalue weighted by Gasteiger charge is -2.21. The van der Waals surface area contributed by atoms with Gasteiger partial charge < -0.3 is 33.8 Å². The zero-order valence-corrected chi connectivity index (χ0v) is 59.8. The molecular weight excluding hydrogens is 1170 g/mol. The van der Waals surface area contributed by atoms with Crippen LogP contribution in [0.15, 0.2) is 0 Å². The molecule has 19 heteroatoms. The van der Waals surface area contributed by atoms with Crippen molar-refractivity contribution in [1.29, 1.82) is 0 Å². The molecule has 0 aliphatic heterocycles. The Kier molecular flexibility index (Phi) is 58.5. The Morgan fingerprint density at radius 3 is 0.798 bits per heavy atom. The van der Waals surface area contributed by atoms with Crippen molar-refractivity contribution in [2.24, 2.45) is 23.7 Å². The van der Waals surface area contributed by atoms with E-state index in [1.54, 1.807) is 0 Å². The van der Waals surface area contributed by atoms with Crippen LogP contribution in [0, 0.1) is 23.7 Å². The van der Waals surface area contributed by atoms with Crippen molar-refractivity contribution in [2.75, 3.05) is 39.6 Å². The molecule has 0 rings (SSSR count). The first-order valence-electron chi connectivity index (χ1n) is 36.2. The smallest absolute Gasteiger partial charge is 0.462 e. The Balaban J connectivity index is 5.25. The highest BCUT2D eigenvalue weighted by Crippen LogP contribution is 2.45. The summed E-state index contributed by atoms with van der Waals surface area (Å²) in [7, 11) is -9.90. The summed E-state index contributed by atoms with van der Waals surface area (Å²) in [6.07, 6.45) is 41.7. The van der Waals surface area contributed by atoms with E-state index in [4.69, 9.17) is 37.0 Å². The van der Waals surface area contributed by atoms with Crippen LogP contribution < -0.4 is 0 Å². The second-order valence-electron chi connectivity index (χ2n) is 26.9. The monoisotopic (exact) mass is 1310 g/mol. The van der Waals surface area contributed by atoms with Crippen molar-refractivity contribution < 1.29 is 80.2 Å². The van der Waals surface area contributed by atoms with E-state index in [1.165, 1.54) is 148 Å². The topological polar surface area (TPSA) is 237 Å². The largest absolute Gasteiger partial charge is 0.472 e. The van der Waals surface area contributed by atoms with Crippen molar-refractivity contribution in [3.05, 3.63) is 0 Å².